The van der Waals surface area contributed by atoms with E-state index in [0.29, 0.717) is 32.5 Å². The van der Waals surface area contributed by atoms with E-state index in [1.807, 2.05) is 30.3 Å². The third kappa shape index (κ3) is 5.08. The molecule has 0 N–H and O–H groups in total. The maximum Gasteiger partial charge on any atom is 0.243 e. The molecule has 150 valence electrons. The number of benzene rings is 2. The van der Waals surface area contributed by atoms with Crippen molar-refractivity contribution in [2.75, 3.05) is 32.8 Å². The summed E-state index contributed by atoms with van der Waals surface area (Å²) < 4.78 is 45.1. The summed E-state index contributed by atoms with van der Waals surface area (Å²) in [5, 5.41) is 0. The van der Waals surface area contributed by atoms with Gasteiger partial charge in [0.25, 0.3) is 0 Å². The predicted octanol–water partition coefficient (Wildman–Crippen LogP) is 2.52. The number of carbonyl (C=O) groups is 1. The summed E-state index contributed by atoms with van der Waals surface area (Å²) >= 11 is 0. The first kappa shape index (κ1) is 20.3. The predicted molar refractivity (Wildman–Crippen MR) is 103 cm³/mol. The Morgan fingerprint density at radius 2 is 1.61 bits per heavy atom. The highest BCUT2D eigenvalue weighted by atomic mass is 32.2. The average Bonchev–Trinajstić information content (AvgIpc) is 2.72. The number of para-hydroxylation sites is 1. The van der Waals surface area contributed by atoms with Gasteiger partial charge in [-0.05, 0) is 42.8 Å². The molecular weight excluding hydrogens is 383 g/mol. The molecule has 0 saturated carbocycles. The van der Waals surface area contributed by atoms with E-state index >= 15 is 0 Å². The summed E-state index contributed by atoms with van der Waals surface area (Å²) in [4.78, 5) is 14.1. The quantitative estimate of drug-likeness (QED) is 0.663. The van der Waals surface area contributed by atoms with Gasteiger partial charge in [0.1, 0.15) is 11.6 Å². The standard InChI is InChI=1S/C20H23FN2O4S/c21-17-8-10-19(11-9-17)28(25,26)23-14-12-22(13-15-23)20(24)7-4-16-27-18-5-2-1-3-6-18/h1-3,5-6,8-11H,4,7,12-16H2. The topological polar surface area (TPSA) is 66.9 Å². The number of rotatable bonds is 7. The summed E-state index contributed by atoms with van der Waals surface area (Å²) in [6.45, 7) is 1.60. The van der Waals surface area contributed by atoms with Crippen molar-refractivity contribution in [1.82, 2.24) is 9.21 Å². The Hall–Kier alpha value is -2.45. The van der Waals surface area contributed by atoms with E-state index in [1.54, 1.807) is 4.90 Å². The van der Waals surface area contributed by atoms with Crippen molar-refractivity contribution >= 4 is 15.9 Å². The van der Waals surface area contributed by atoms with Gasteiger partial charge in [0.05, 0.1) is 11.5 Å². The van der Waals surface area contributed by atoms with Crippen LogP contribution in [0, 0.1) is 5.82 Å². The van der Waals surface area contributed by atoms with Crippen molar-refractivity contribution < 1.29 is 22.3 Å². The molecule has 6 nitrogen and oxygen atoms in total. The van der Waals surface area contributed by atoms with Crippen LogP contribution in [0.4, 0.5) is 4.39 Å². The lowest BCUT2D eigenvalue weighted by Gasteiger charge is -2.34. The molecule has 3 rings (SSSR count). The van der Waals surface area contributed by atoms with Crippen LogP contribution in [0.25, 0.3) is 0 Å². The van der Waals surface area contributed by atoms with Crippen LogP contribution < -0.4 is 4.74 Å². The van der Waals surface area contributed by atoms with Gasteiger partial charge < -0.3 is 9.64 Å². The second kappa shape index (κ2) is 9.16. The normalized spacial score (nSPS) is 15.4. The molecule has 0 unspecified atom stereocenters. The van der Waals surface area contributed by atoms with Crippen molar-refractivity contribution in [2.45, 2.75) is 17.7 Å². The van der Waals surface area contributed by atoms with E-state index in [1.165, 1.54) is 16.4 Å². The maximum absolute atomic E-state index is 13.0. The number of ether oxygens (including phenoxy) is 1. The highest BCUT2D eigenvalue weighted by Crippen LogP contribution is 2.18. The molecular formula is C20H23FN2O4S. The third-order valence-electron chi connectivity index (χ3n) is 4.59. The lowest BCUT2D eigenvalue weighted by atomic mass is 10.2. The summed E-state index contributed by atoms with van der Waals surface area (Å²) in [7, 11) is -3.67. The van der Waals surface area contributed by atoms with Crippen LogP contribution in [0.3, 0.4) is 0 Å². The Morgan fingerprint density at radius 1 is 0.964 bits per heavy atom. The molecule has 1 heterocycles. The van der Waals surface area contributed by atoms with E-state index in [9.17, 15) is 17.6 Å². The monoisotopic (exact) mass is 406 g/mol. The number of piperazine rings is 1. The lowest BCUT2D eigenvalue weighted by molar-refractivity contribution is -0.132. The SMILES string of the molecule is O=C(CCCOc1ccccc1)N1CCN(S(=O)(=O)c2ccc(F)cc2)CC1. The van der Waals surface area contributed by atoms with Gasteiger partial charge in [-0.25, -0.2) is 12.8 Å². The minimum Gasteiger partial charge on any atom is -0.494 e. The Kier molecular flexibility index (Phi) is 6.64. The molecule has 28 heavy (non-hydrogen) atoms. The van der Waals surface area contributed by atoms with Gasteiger partial charge in [-0.15, -0.1) is 0 Å². The van der Waals surface area contributed by atoms with E-state index < -0.39 is 15.8 Å². The molecule has 0 aliphatic carbocycles. The van der Waals surface area contributed by atoms with Crippen molar-refractivity contribution in [3.8, 4) is 5.75 Å². The highest BCUT2D eigenvalue weighted by molar-refractivity contribution is 7.89. The molecule has 1 saturated heterocycles. The summed E-state index contributed by atoms with van der Waals surface area (Å²) in [6.07, 6.45) is 0.958. The van der Waals surface area contributed by atoms with Crippen LogP contribution in [-0.4, -0.2) is 56.3 Å². The van der Waals surface area contributed by atoms with Crippen LogP contribution >= 0.6 is 0 Å². The maximum atomic E-state index is 13.0. The van der Waals surface area contributed by atoms with E-state index in [0.717, 1.165) is 17.9 Å². The molecule has 0 aromatic heterocycles. The van der Waals surface area contributed by atoms with Gasteiger partial charge in [-0.2, -0.15) is 4.31 Å². The first-order valence-corrected chi connectivity index (χ1v) is 10.6. The highest BCUT2D eigenvalue weighted by Gasteiger charge is 2.29. The third-order valence-corrected chi connectivity index (χ3v) is 6.50. The minimum absolute atomic E-state index is 0.00417. The zero-order valence-electron chi connectivity index (χ0n) is 15.5. The average molecular weight is 406 g/mol. The van der Waals surface area contributed by atoms with Gasteiger partial charge in [-0.1, -0.05) is 18.2 Å². The van der Waals surface area contributed by atoms with E-state index in [2.05, 4.69) is 0 Å². The Balaban J connectivity index is 1.44. The van der Waals surface area contributed by atoms with Gasteiger partial charge in [0, 0.05) is 32.6 Å². The molecule has 0 radical (unpaired) electrons. The number of amides is 1. The number of halogens is 1. The smallest absolute Gasteiger partial charge is 0.243 e. The second-order valence-electron chi connectivity index (χ2n) is 6.50. The molecule has 1 fully saturated rings. The molecule has 0 atom stereocenters. The number of hydrogen-bond donors (Lipinski definition) is 0. The molecule has 1 aliphatic heterocycles. The molecule has 2 aromatic carbocycles. The van der Waals surface area contributed by atoms with Gasteiger partial charge in [-0.3, -0.25) is 4.79 Å². The van der Waals surface area contributed by atoms with Crippen LogP contribution in [0.15, 0.2) is 59.5 Å². The van der Waals surface area contributed by atoms with Crippen molar-refractivity contribution in [1.29, 1.82) is 0 Å². The molecule has 1 aliphatic rings. The van der Waals surface area contributed by atoms with Gasteiger partial charge in [0.2, 0.25) is 15.9 Å². The van der Waals surface area contributed by atoms with E-state index in [-0.39, 0.29) is 23.9 Å². The summed E-state index contributed by atoms with van der Waals surface area (Å²) in [6, 6.07) is 14.2. The van der Waals surface area contributed by atoms with Gasteiger partial charge in [0.15, 0.2) is 0 Å². The molecule has 0 bridgehead atoms. The molecule has 0 spiro atoms. The minimum atomic E-state index is -3.67. The number of nitrogens with zero attached hydrogens (tertiary/aromatic N) is 2. The fourth-order valence-corrected chi connectivity index (χ4v) is 4.44. The second-order valence-corrected chi connectivity index (χ2v) is 8.44. The van der Waals surface area contributed by atoms with Crippen molar-refractivity contribution in [2.24, 2.45) is 0 Å². The van der Waals surface area contributed by atoms with Gasteiger partial charge >= 0.3 is 0 Å². The Morgan fingerprint density at radius 3 is 2.25 bits per heavy atom. The van der Waals surface area contributed by atoms with Crippen LogP contribution in [-0.2, 0) is 14.8 Å². The zero-order chi connectivity index (χ0) is 20.0. The van der Waals surface area contributed by atoms with Crippen molar-refractivity contribution in [3.63, 3.8) is 0 Å². The summed E-state index contributed by atoms with van der Waals surface area (Å²) in [5.74, 6) is 0.288. The lowest BCUT2D eigenvalue weighted by Crippen LogP contribution is -2.50. The number of sulfonamides is 1. The first-order valence-electron chi connectivity index (χ1n) is 9.18. The Bertz CT molecular complexity index is 880. The fourth-order valence-electron chi connectivity index (χ4n) is 3.02. The first-order chi connectivity index (χ1) is 13.5. The van der Waals surface area contributed by atoms with Crippen LogP contribution in [0.2, 0.25) is 0 Å². The van der Waals surface area contributed by atoms with Crippen LogP contribution in [0.5, 0.6) is 5.75 Å². The molecule has 1 amide bonds. The number of carbonyl (C=O) groups excluding carboxylic acids is 1. The van der Waals surface area contributed by atoms with E-state index in [4.69, 9.17) is 4.74 Å². The summed E-state index contributed by atoms with van der Waals surface area (Å²) in [5.41, 5.74) is 0. The molecule has 2 aromatic rings. The fraction of sp³-hybridized carbons (Fsp3) is 0.350. The Labute approximate surface area is 164 Å². The van der Waals surface area contributed by atoms with Crippen molar-refractivity contribution in [3.05, 3.63) is 60.4 Å². The number of hydrogen-bond acceptors (Lipinski definition) is 4. The molecule has 8 heteroatoms. The largest absolute Gasteiger partial charge is 0.494 e. The van der Waals surface area contributed by atoms with Crippen LogP contribution in [0.1, 0.15) is 12.8 Å². The zero-order valence-corrected chi connectivity index (χ0v) is 16.3.